The molecule has 0 aromatic carbocycles. The summed E-state index contributed by atoms with van der Waals surface area (Å²) in [5, 5.41) is -0.125. The van der Waals surface area contributed by atoms with E-state index in [1.165, 1.54) is 0 Å². The Balaban J connectivity index is 3.37. The number of thiocarbonyl (C=S) groups is 1. The minimum atomic E-state index is -3.89. The van der Waals surface area contributed by atoms with Gasteiger partial charge in [0, 0.05) is 0 Å². The van der Waals surface area contributed by atoms with E-state index in [2.05, 4.69) is 17.0 Å². The Morgan fingerprint density at radius 1 is 1.64 bits per heavy atom. The number of hydrogen-bond acceptors (Lipinski definition) is 4. The first-order valence-electron chi connectivity index (χ1n) is 2.79. The second-order valence-electron chi connectivity index (χ2n) is 1.81. The Labute approximate surface area is 70.3 Å². The van der Waals surface area contributed by atoms with Crippen LogP contribution in [0.4, 0.5) is 0 Å². The summed E-state index contributed by atoms with van der Waals surface area (Å²) in [6.45, 7) is 0.106. The minimum Gasteiger partial charge on any atom is -0.471 e. The van der Waals surface area contributed by atoms with E-state index in [0.717, 1.165) is 0 Å². The van der Waals surface area contributed by atoms with Crippen LogP contribution in [0.2, 0.25) is 0 Å². The first-order valence-corrected chi connectivity index (χ1v) is 4.81. The zero-order valence-electron chi connectivity index (χ0n) is 5.69. The fraction of sp³-hybridized carbons (Fsp3) is 0.750. The van der Waals surface area contributed by atoms with E-state index in [-0.39, 0.29) is 24.0 Å². The molecule has 7 heteroatoms. The van der Waals surface area contributed by atoms with Gasteiger partial charge in [-0.2, -0.15) is 8.42 Å². The van der Waals surface area contributed by atoms with E-state index >= 15 is 0 Å². The molecule has 5 nitrogen and oxygen atoms in total. The van der Waals surface area contributed by atoms with Crippen LogP contribution in [0.5, 0.6) is 0 Å². The summed E-state index contributed by atoms with van der Waals surface area (Å²) in [5.41, 5.74) is 4.94. The number of rotatable bonds is 4. The molecule has 0 saturated carbocycles. The summed E-state index contributed by atoms with van der Waals surface area (Å²) in [6, 6.07) is 0. The highest BCUT2D eigenvalue weighted by atomic mass is 32.2. The first-order chi connectivity index (χ1) is 4.92. The molecule has 0 atom stereocenters. The van der Waals surface area contributed by atoms with Gasteiger partial charge in [-0.1, -0.05) is 0 Å². The lowest BCUT2D eigenvalue weighted by Crippen LogP contribution is -2.15. The van der Waals surface area contributed by atoms with E-state index in [0.29, 0.717) is 0 Å². The maximum Gasteiger partial charge on any atom is 0.264 e. The van der Waals surface area contributed by atoms with Crippen LogP contribution in [0.15, 0.2) is 0 Å². The molecule has 0 saturated heterocycles. The fourth-order valence-corrected chi connectivity index (χ4v) is 0.980. The largest absolute Gasteiger partial charge is 0.471 e. The number of ether oxygens (including phenoxy) is 1. The van der Waals surface area contributed by atoms with Gasteiger partial charge in [0.15, 0.2) is 0 Å². The summed E-state index contributed by atoms with van der Waals surface area (Å²) in [5.74, 6) is -0.338. The van der Waals surface area contributed by atoms with Gasteiger partial charge in [0.1, 0.15) is 0 Å². The van der Waals surface area contributed by atoms with Crippen molar-refractivity contribution in [2.45, 2.75) is 6.42 Å². The molecular formula is C4H9NO4S2. The van der Waals surface area contributed by atoms with Crippen molar-refractivity contribution < 1.29 is 17.7 Å². The lowest BCUT2D eigenvalue weighted by Gasteiger charge is -2.00. The van der Waals surface area contributed by atoms with Crippen molar-refractivity contribution in [2.75, 3.05) is 12.4 Å². The van der Waals surface area contributed by atoms with Gasteiger partial charge in [0.05, 0.1) is 12.4 Å². The molecule has 66 valence electrons. The molecule has 3 N–H and O–H groups in total. The topological polar surface area (TPSA) is 89.6 Å². The number of nitrogens with two attached hydrogens (primary N) is 1. The van der Waals surface area contributed by atoms with Crippen molar-refractivity contribution in [3.8, 4) is 0 Å². The highest BCUT2D eigenvalue weighted by Crippen LogP contribution is 1.89. The zero-order chi connectivity index (χ0) is 8.91. The third-order valence-electron chi connectivity index (χ3n) is 0.791. The van der Waals surface area contributed by atoms with Crippen LogP contribution in [0.25, 0.3) is 0 Å². The van der Waals surface area contributed by atoms with Crippen LogP contribution >= 0.6 is 12.2 Å². The Hall–Kier alpha value is -0.400. The molecule has 11 heavy (non-hydrogen) atoms. The van der Waals surface area contributed by atoms with Crippen LogP contribution in [-0.4, -0.2) is 30.5 Å². The molecule has 0 aliphatic carbocycles. The van der Waals surface area contributed by atoms with Gasteiger partial charge in [0.25, 0.3) is 15.3 Å². The summed E-state index contributed by atoms with van der Waals surface area (Å²) in [7, 11) is -3.89. The Kier molecular flexibility index (Phi) is 4.31. The molecule has 0 aliphatic heterocycles. The van der Waals surface area contributed by atoms with Crippen LogP contribution in [0, 0.1) is 0 Å². The molecule has 0 fully saturated rings. The van der Waals surface area contributed by atoms with Gasteiger partial charge >= 0.3 is 0 Å². The predicted molar refractivity (Wildman–Crippen MR) is 43.8 cm³/mol. The highest BCUT2D eigenvalue weighted by Gasteiger charge is 2.03. The van der Waals surface area contributed by atoms with Crippen LogP contribution in [-0.2, 0) is 14.9 Å². The third-order valence-corrected chi connectivity index (χ3v) is 1.71. The maximum absolute atomic E-state index is 10.1. The van der Waals surface area contributed by atoms with Crippen LogP contribution < -0.4 is 5.73 Å². The molecule has 0 heterocycles. The van der Waals surface area contributed by atoms with E-state index in [1.54, 1.807) is 0 Å². The van der Waals surface area contributed by atoms with Gasteiger partial charge in [0.2, 0.25) is 0 Å². The van der Waals surface area contributed by atoms with Gasteiger partial charge in [-0.15, -0.1) is 0 Å². The molecule has 0 amide bonds. The molecular weight excluding hydrogens is 190 g/mol. The Bertz CT molecular complexity index is 222. The normalized spacial score (nSPS) is 11.0. The standard InChI is InChI=1S/C4H9NO4S2/c5-4(10)9-2-1-3-11(6,7)8/h1-3H2,(H2,5,10)(H,6,7,8). The van der Waals surface area contributed by atoms with Crippen molar-refractivity contribution in [3.63, 3.8) is 0 Å². The zero-order valence-corrected chi connectivity index (χ0v) is 7.32. The summed E-state index contributed by atoms with van der Waals surface area (Å²) in [4.78, 5) is 0. The van der Waals surface area contributed by atoms with Crippen LogP contribution in [0.3, 0.4) is 0 Å². The summed E-state index contributed by atoms with van der Waals surface area (Å²) >= 11 is 4.35. The van der Waals surface area contributed by atoms with Gasteiger partial charge < -0.3 is 10.5 Å². The summed E-state index contributed by atoms with van der Waals surface area (Å²) in [6.07, 6.45) is 0.177. The van der Waals surface area contributed by atoms with Crippen molar-refractivity contribution in [1.82, 2.24) is 0 Å². The van der Waals surface area contributed by atoms with Crippen molar-refractivity contribution in [3.05, 3.63) is 0 Å². The molecule has 0 unspecified atom stereocenters. The molecule has 0 rings (SSSR count). The second-order valence-corrected chi connectivity index (χ2v) is 3.78. The first kappa shape index (κ1) is 10.6. The van der Waals surface area contributed by atoms with E-state index in [1.807, 2.05) is 0 Å². The van der Waals surface area contributed by atoms with E-state index in [9.17, 15) is 8.42 Å². The maximum atomic E-state index is 10.1. The smallest absolute Gasteiger partial charge is 0.264 e. The van der Waals surface area contributed by atoms with Crippen LogP contribution in [0.1, 0.15) is 6.42 Å². The van der Waals surface area contributed by atoms with Gasteiger partial charge in [-0.3, -0.25) is 4.55 Å². The second kappa shape index (κ2) is 4.47. The quantitative estimate of drug-likeness (QED) is 0.361. The van der Waals surface area contributed by atoms with E-state index < -0.39 is 10.1 Å². The predicted octanol–water partition coefficient (Wildman–Crippen LogP) is -0.475. The molecule has 0 aromatic heterocycles. The molecule has 0 aromatic rings. The lowest BCUT2D eigenvalue weighted by atomic mass is 10.5. The minimum absolute atomic E-state index is 0.106. The monoisotopic (exact) mass is 199 g/mol. The molecule has 0 bridgehead atoms. The van der Waals surface area contributed by atoms with Crippen molar-refractivity contribution >= 4 is 27.5 Å². The molecule has 0 aliphatic rings. The lowest BCUT2D eigenvalue weighted by molar-refractivity contribution is 0.307. The Morgan fingerprint density at radius 3 is 2.55 bits per heavy atom. The van der Waals surface area contributed by atoms with Gasteiger partial charge in [-0.25, -0.2) is 0 Å². The fourth-order valence-electron chi connectivity index (χ4n) is 0.414. The molecule has 0 spiro atoms. The SMILES string of the molecule is NC(=S)OCCCS(=O)(=O)O. The molecule has 0 radical (unpaired) electrons. The van der Waals surface area contributed by atoms with Crippen molar-refractivity contribution in [1.29, 1.82) is 0 Å². The third kappa shape index (κ3) is 9.60. The summed E-state index contributed by atoms with van der Waals surface area (Å²) < 4.78 is 33.0. The van der Waals surface area contributed by atoms with E-state index in [4.69, 9.17) is 10.3 Å². The average molecular weight is 199 g/mol. The highest BCUT2D eigenvalue weighted by molar-refractivity contribution is 7.85. The Morgan fingerprint density at radius 2 is 2.18 bits per heavy atom. The average Bonchev–Trinajstić information content (AvgIpc) is 1.78. The van der Waals surface area contributed by atoms with Crippen molar-refractivity contribution in [2.24, 2.45) is 5.73 Å². The number of hydrogen-bond donors (Lipinski definition) is 2. The van der Waals surface area contributed by atoms with Gasteiger partial charge in [-0.05, 0) is 18.6 Å².